The first-order valence-corrected chi connectivity index (χ1v) is 7.90. The molecule has 0 radical (unpaired) electrons. The molecule has 1 unspecified atom stereocenters. The number of carbonyl (C=O) groups excluding carboxylic acids is 1. The van der Waals surface area contributed by atoms with Gasteiger partial charge in [-0.3, -0.25) is 0 Å². The summed E-state index contributed by atoms with van der Waals surface area (Å²) in [5.41, 5.74) is 6.35. The largest absolute Gasteiger partial charge is 0.464 e. The zero-order valence-electron chi connectivity index (χ0n) is 12.6. The zero-order valence-corrected chi connectivity index (χ0v) is 13.4. The van der Waals surface area contributed by atoms with Gasteiger partial charge in [-0.25, -0.2) is 17.5 Å². The second kappa shape index (κ2) is 6.77. The standard InChI is InChI=1S/C13H21N3O4S/c1-5-20-13(17)9(2)15-10-7-6-8-11(12(10)14)21(18,19)16(3)4/h6-9,15H,5,14H2,1-4H3. The Kier molecular flexibility index (Phi) is 5.56. The number of ether oxygens (including phenoxy) is 1. The van der Waals surface area contributed by atoms with Crippen molar-refractivity contribution in [3.8, 4) is 0 Å². The summed E-state index contributed by atoms with van der Waals surface area (Å²) in [7, 11) is -0.791. The molecule has 0 aliphatic carbocycles. The van der Waals surface area contributed by atoms with Crippen molar-refractivity contribution in [3.05, 3.63) is 18.2 Å². The number of hydrogen-bond donors (Lipinski definition) is 2. The van der Waals surface area contributed by atoms with E-state index in [0.29, 0.717) is 5.69 Å². The molecule has 118 valence electrons. The molecule has 1 atom stereocenters. The number of para-hydroxylation sites is 1. The Morgan fingerprint density at radius 3 is 2.57 bits per heavy atom. The molecule has 0 saturated carbocycles. The number of nitrogens with one attached hydrogen (secondary N) is 1. The van der Waals surface area contributed by atoms with Gasteiger partial charge in [0.25, 0.3) is 0 Å². The van der Waals surface area contributed by atoms with Crippen LogP contribution in [0.25, 0.3) is 0 Å². The van der Waals surface area contributed by atoms with Crippen LogP contribution in [0.1, 0.15) is 13.8 Å². The monoisotopic (exact) mass is 315 g/mol. The fraction of sp³-hybridized carbons (Fsp3) is 0.462. The van der Waals surface area contributed by atoms with Gasteiger partial charge >= 0.3 is 5.97 Å². The number of nitrogens with two attached hydrogens (primary N) is 1. The van der Waals surface area contributed by atoms with E-state index in [9.17, 15) is 13.2 Å². The summed E-state index contributed by atoms with van der Waals surface area (Å²) in [5, 5.41) is 2.86. The summed E-state index contributed by atoms with van der Waals surface area (Å²) >= 11 is 0. The molecular weight excluding hydrogens is 294 g/mol. The molecule has 1 aromatic carbocycles. The Bertz CT molecular complexity index is 614. The van der Waals surface area contributed by atoms with Gasteiger partial charge in [-0.2, -0.15) is 0 Å². The smallest absolute Gasteiger partial charge is 0.328 e. The average molecular weight is 315 g/mol. The molecule has 0 bridgehead atoms. The lowest BCUT2D eigenvalue weighted by Crippen LogP contribution is -2.29. The van der Waals surface area contributed by atoms with Gasteiger partial charge in [0.2, 0.25) is 10.0 Å². The second-order valence-electron chi connectivity index (χ2n) is 4.62. The molecular formula is C13H21N3O4S. The highest BCUT2D eigenvalue weighted by molar-refractivity contribution is 7.89. The van der Waals surface area contributed by atoms with Crippen LogP contribution in [-0.2, 0) is 19.6 Å². The summed E-state index contributed by atoms with van der Waals surface area (Å²) < 4.78 is 30.3. The SMILES string of the molecule is CCOC(=O)C(C)Nc1cccc(S(=O)(=O)N(C)C)c1N. The summed E-state index contributed by atoms with van der Waals surface area (Å²) in [4.78, 5) is 11.6. The van der Waals surface area contributed by atoms with E-state index in [1.54, 1.807) is 26.0 Å². The Morgan fingerprint density at radius 2 is 2.05 bits per heavy atom. The zero-order chi connectivity index (χ0) is 16.2. The summed E-state index contributed by atoms with van der Waals surface area (Å²) in [5.74, 6) is -0.433. The van der Waals surface area contributed by atoms with E-state index in [4.69, 9.17) is 10.5 Å². The first-order chi connectivity index (χ1) is 9.71. The van der Waals surface area contributed by atoms with Crippen LogP contribution in [0.4, 0.5) is 11.4 Å². The van der Waals surface area contributed by atoms with E-state index >= 15 is 0 Å². The number of nitrogens with zero attached hydrogens (tertiary/aromatic N) is 1. The maximum Gasteiger partial charge on any atom is 0.328 e. The van der Waals surface area contributed by atoms with Crippen LogP contribution in [0.15, 0.2) is 23.1 Å². The highest BCUT2D eigenvalue weighted by Gasteiger charge is 2.23. The van der Waals surface area contributed by atoms with Crippen LogP contribution in [0, 0.1) is 0 Å². The minimum Gasteiger partial charge on any atom is -0.464 e. The quantitative estimate of drug-likeness (QED) is 0.597. The van der Waals surface area contributed by atoms with Crippen molar-refractivity contribution >= 4 is 27.4 Å². The molecule has 0 heterocycles. The van der Waals surface area contributed by atoms with Gasteiger partial charge in [-0.05, 0) is 26.0 Å². The number of sulfonamides is 1. The van der Waals surface area contributed by atoms with Gasteiger partial charge in [-0.15, -0.1) is 0 Å². The molecule has 21 heavy (non-hydrogen) atoms. The number of nitrogen functional groups attached to an aromatic ring is 1. The van der Waals surface area contributed by atoms with Crippen LogP contribution >= 0.6 is 0 Å². The molecule has 3 N–H and O–H groups in total. The van der Waals surface area contributed by atoms with Crippen LogP contribution in [-0.4, -0.2) is 45.4 Å². The maximum absolute atomic E-state index is 12.2. The van der Waals surface area contributed by atoms with E-state index in [2.05, 4.69) is 5.32 Å². The summed E-state index contributed by atoms with van der Waals surface area (Å²) in [6.45, 7) is 3.60. The fourth-order valence-corrected chi connectivity index (χ4v) is 2.68. The lowest BCUT2D eigenvalue weighted by atomic mass is 10.2. The Hall–Kier alpha value is -1.80. The molecule has 0 spiro atoms. The molecule has 0 fully saturated rings. The Balaban J connectivity index is 3.10. The van der Waals surface area contributed by atoms with Crippen molar-refractivity contribution < 1.29 is 17.9 Å². The molecule has 1 rings (SSSR count). The molecule has 0 saturated heterocycles. The molecule has 8 heteroatoms. The van der Waals surface area contributed by atoms with Crippen molar-refractivity contribution in [3.63, 3.8) is 0 Å². The van der Waals surface area contributed by atoms with Crippen molar-refractivity contribution in [1.29, 1.82) is 0 Å². The first-order valence-electron chi connectivity index (χ1n) is 6.46. The lowest BCUT2D eigenvalue weighted by molar-refractivity contribution is -0.143. The van der Waals surface area contributed by atoms with E-state index in [0.717, 1.165) is 4.31 Å². The number of esters is 1. The summed E-state index contributed by atoms with van der Waals surface area (Å²) in [6, 6.07) is 3.96. The third-order valence-electron chi connectivity index (χ3n) is 2.84. The van der Waals surface area contributed by atoms with Gasteiger partial charge in [-0.1, -0.05) is 6.07 Å². The third-order valence-corrected chi connectivity index (χ3v) is 4.71. The highest BCUT2D eigenvalue weighted by atomic mass is 32.2. The molecule has 7 nitrogen and oxygen atoms in total. The molecule has 1 aromatic rings. The Morgan fingerprint density at radius 1 is 1.43 bits per heavy atom. The number of carbonyl (C=O) groups is 1. The van der Waals surface area contributed by atoms with Crippen LogP contribution in [0.2, 0.25) is 0 Å². The third kappa shape index (κ3) is 3.85. The first kappa shape index (κ1) is 17.3. The summed E-state index contributed by atoms with van der Waals surface area (Å²) in [6.07, 6.45) is 0. The van der Waals surface area contributed by atoms with Crippen molar-refractivity contribution in [2.45, 2.75) is 24.8 Å². The van der Waals surface area contributed by atoms with E-state index in [1.165, 1.54) is 20.2 Å². The predicted octanol–water partition coefficient (Wildman–Crippen LogP) is 0.883. The van der Waals surface area contributed by atoms with Crippen molar-refractivity contribution in [2.75, 3.05) is 31.8 Å². The van der Waals surface area contributed by atoms with Crippen LogP contribution < -0.4 is 11.1 Å². The van der Waals surface area contributed by atoms with Gasteiger partial charge < -0.3 is 15.8 Å². The predicted molar refractivity (Wildman–Crippen MR) is 81.4 cm³/mol. The number of benzene rings is 1. The van der Waals surface area contributed by atoms with Crippen molar-refractivity contribution in [2.24, 2.45) is 0 Å². The lowest BCUT2D eigenvalue weighted by Gasteiger charge is -2.18. The van der Waals surface area contributed by atoms with Crippen molar-refractivity contribution in [1.82, 2.24) is 4.31 Å². The number of hydrogen-bond acceptors (Lipinski definition) is 6. The molecule has 0 amide bonds. The topological polar surface area (TPSA) is 102 Å². The van der Waals surface area contributed by atoms with E-state index in [1.807, 2.05) is 0 Å². The average Bonchev–Trinajstić information content (AvgIpc) is 2.40. The molecule has 0 aliphatic rings. The minimum absolute atomic E-state index is 0.00596. The van der Waals surface area contributed by atoms with E-state index < -0.39 is 22.0 Å². The molecule has 0 aliphatic heterocycles. The van der Waals surface area contributed by atoms with E-state index in [-0.39, 0.29) is 17.2 Å². The Labute approximate surface area is 125 Å². The van der Waals surface area contributed by atoms with Gasteiger partial charge in [0.15, 0.2) is 0 Å². The van der Waals surface area contributed by atoms with Crippen LogP contribution in [0.3, 0.4) is 0 Å². The molecule has 0 aromatic heterocycles. The van der Waals surface area contributed by atoms with Gasteiger partial charge in [0.1, 0.15) is 10.9 Å². The highest BCUT2D eigenvalue weighted by Crippen LogP contribution is 2.28. The van der Waals surface area contributed by atoms with Gasteiger partial charge in [0, 0.05) is 14.1 Å². The van der Waals surface area contributed by atoms with Crippen LogP contribution in [0.5, 0.6) is 0 Å². The number of anilines is 2. The number of rotatable bonds is 6. The normalized spacial score (nSPS) is 13.0. The van der Waals surface area contributed by atoms with Gasteiger partial charge in [0.05, 0.1) is 18.0 Å². The second-order valence-corrected chi connectivity index (χ2v) is 6.74. The fourth-order valence-electron chi connectivity index (χ4n) is 1.65. The maximum atomic E-state index is 12.2. The minimum atomic E-state index is -3.64.